The van der Waals surface area contributed by atoms with E-state index in [0.29, 0.717) is 17.9 Å². The summed E-state index contributed by atoms with van der Waals surface area (Å²) in [6.07, 6.45) is 0. The molecule has 0 atom stereocenters. The van der Waals surface area contributed by atoms with Crippen LogP contribution in [0.2, 0.25) is 0 Å². The molecule has 2 aromatic carbocycles. The van der Waals surface area contributed by atoms with E-state index in [1.807, 2.05) is 24.3 Å². The molecule has 0 saturated carbocycles. The maximum atomic E-state index is 13.3. The fourth-order valence-electron chi connectivity index (χ4n) is 1.75. The van der Waals surface area contributed by atoms with Crippen LogP contribution < -0.4 is 15.2 Å². The Kier molecular flexibility index (Phi) is 4.36. The molecule has 2 rings (SSSR count). The van der Waals surface area contributed by atoms with Crippen LogP contribution in [-0.2, 0) is 13.2 Å². The van der Waals surface area contributed by atoms with Crippen molar-refractivity contribution in [3.8, 4) is 11.5 Å². The molecule has 0 heterocycles. The van der Waals surface area contributed by atoms with Gasteiger partial charge in [0.05, 0.1) is 7.11 Å². The van der Waals surface area contributed by atoms with Crippen LogP contribution in [0.15, 0.2) is 42.5 Å². The Labute approximate surface area is 111 Å². The van der Waals surface area contributed by atoms with Crippen LogP contribution in [-0.4, -0.2) is 7.11 Å². The van der Waals surface area contributed by atoms with Gasteiger partial charge in [-0.05, 0) is 35.4 Å². The summed E-state index contributed by atoms with van der Waals surface area (Å²) < 4.78 is 24.0. The Hall–Kier alpha value is -2.07. The predicted octanol–water partition coefficient (Wildman–Crippen LogP) is 2.87. The lowest BCUT2D eigenvalue weighted by Crippen LogP contribution is -2.00. The SMILES string of the molecule is COc1cccc(COc2cc(F)cc(CN)c2)c1. The van der Waals surface area contributed by atoms with Crippen molar-refractivity contribution in [1.82, 2.24) is 0 Å². The minimum absolute atomic E-state index is 0.285. The number of benzene rings is 2. The van der Waals surface area contributed by atoms with Crippen LogP contribution >= 0.6 is 0 Å². The highest BCUT2D eigenvalue weighted by atomic mass is 19.1. The molecular weight excluding hydrogens is 245 g/mol. The van der Waals surface area contributed by atoms with Crippen LogP contribution in [0.4, 0.5) is 4.39 Å². The lowest BCUT2D eigenvalue weighted by molar-refractivity contribution is 0.303. The number of halogens is 1. The lowest BCUT2D eigenvalue weighted by Gasteiger charge is -2.09. The van der Waals surface area contributed by atoms with Crippen molar-refractivity contribution in [2.75, 3.05) is 7.11 Å². The summed E-state index contributed by atoms with van der Waals surface area (Å²) in [5.41, 5.74) is 7.16. The summed E-state index contributed by atoms with van der Waals surface area (Å²) in [7, 11) is 1.61. The fourth-order valence-corrected chi connectivity index (χ4v) is 1.75. The number of hydrogen-bond donors (Lipinski definition) is 1. The first-order valence-corrected chi connectivity index (χ1v) is 5.96. The van der Waals surface area contributed by atoms with Crippen LogP contribution in [0.5, 0.6) is 11.5 Å². The molecule has 4 heteroatoms. The lowest BCUT2D eigenvalue weighted by atomic mass is 10.2. The molecule has 0 aliphatic heterocycles. The van der Waals surface area contributed by atoms with E-state index in [2.05, 4.69) is 0 Å². The molecule has 0 saturated heterocycles. The van der Waals surface area contributed by atoms with Gasteiger partial charge >= 0.3 is 0 Å². The highest BCUT2D eigenvalue weighted by Crippen LogP contribution is 2.19. The number of rotatable bonds is 5. The molecule has 0 fully saturated rings. The monoisotopic (exact) mass is 261 g/mol. The van der Waals surface area contributed by atoms with Crippen molar-refractivity contribution in [3.63, 3.8) is 0 Å². The van der Waals surface area contributed by atoms with Gasteiger partial charge in [-0.3, -0.25) is 0 Å². The number of ether oxygens (including phenoxy) is 2. The highest BCUT2D eigenvalue weighted by Gasteiger charge is 2.02. The summed E-state index contributed by atoms with van der Waals surface area (Å²) in [5, 5.41) is 0. The van der Waals surface area contributed by atoms with Crippen LogP contribution in [0.1, 0.15) is 11.1 Å². The van der Waals surface area contributed by atoms with Gasteiger partial charge < -0.3 is 15.2 Å². The first-order chi connectivity index (χ1) is 9.21. The van der Waals surface area contributed by atoms with Gasteiger partial charge in [0, 0.05) is 12.6 Å². The predicted molar refractivity (Wildman–Crippen MR) is 71.6 cm³/mol. The van der Waals surface area contributed by atoms with E-state index in [-0.39, 0.29) is 12.4 Å². The number of hydrogen-bond acceptors (Lipinski definition) is 3. The highest BCUT2D eigenvalue weighted by molar-refractivity contribution is 5.31. The molecule has 19 heavy (non-hydrogen) atoms. The zero-order valence-corrected chi connectivity index (χ0v) is 10.7. The van der Waals surface area contributed by atoms with Gasteiger partial charge in [0.2, 0.25) is 0 Å². The summed E-state index contributed by atoms with van der Waals surface area (Å²) in [5.74, 6) is 0.898. The average Bonchev–Trinajstić information content (AvgIpc) is 2.44. The van der Waals surface area contributed by atoms with E-state index in [4.69, 9.17) is 15.2 Å². The van der Waals surface area contributed by atoms with Crippen LogP contribution in [0, 0.1) is 5.82 Å². The summed E-state index contributed by atoms with van der Waals surface area (Å²) in [6, 6.07) is 12.0. The maximum absolute atomic E-state index is 13.3. The third-order valence-electron chi connectivity index (χ3n) is 2.71. The van der Waals surface area contributed by atoms with E-state index < -0.39 is 0 Å². The second-order valence-corrected chi connectivity index (χ2v) is 4.14. The number of nitrogens with two attached hydrogens (primary N) is 1. The normalized spacial score (nSPS) is 10.3. The molecule has 0 bridgehead atoms. The number of methoxy groups -OCH3 is 1. The van der Waals surface area contributed by atoms with Gasteiger partial charge in [-0.25, -0.2) is 4.39 Å². The minimum atomic E-state index is -0.344. The molecule has 3 nitrogen and oxygen atoms in total. The van der Waals surface area contributed by atoms with Crippen molar-refractivity contribution < 1.29 is 13.9 Å². The smallest absolute Gasteiger partial charge is 0.127 e. The van der Waals surface area contributed by atoms with Gasteiger partial charge in [0.15, 0.2) is 0 Å². The molecule has 0 radical (unpaired) electrons. The maximum Gasteiger partial charge on any atom is 0.127 e. The molecule has 0 spiro atoms. The quantitative estimate of drug-likeness (QED) is 0.900. The van der Waals surface area contributed by atoms with Gasteiger partial charge in [-0.2, -0.15) is 0 Å². The molecular formula is C15H16FNO2. The largest absolute Gasteiger partial charge is 0.497 e. The second-order valence-electron chi connectivity index (χ2n) is 4.14. The Morgan fingerprint density at radius 3 is 2.58 bits per heavy atom. The fraction of sp³-hybridized carbons (Fsp3) is 0.200. The van der Waals surface area contributed by atoms with Crippen molar-refractivity contribution >= 4 is 0 Å². The van der Waals surface area contributed by atoms with E-state index in [0.717, 1.165) is 11.3 Å². The van der Waals surface area contributed by atoms with Gasteiger partial charge in [-0.1, -0.05) is 12.1 Å². The molecule has 2 N–H and O–H groups in total. The summed E-state index contributed by atoms with van der Waals surface area (Å²) >= 11 is 0. The molecule has 0 aliphatic rings. The second kappa shape index (κ2) is 6.20. The first-order valence-electron chi connectivity index (χ1n) is 5.96. The Morgan fingerprint density at radius 1 is 1.05 bits per heavy atom. The van der Waals surface area contributed by atoms with Crippen molar-refractivity contribution in [2.45, 2.75) is 13.2 Å². The van der Waals surface area contributed by atoms with E-state index in [1.165, 1.54) is 12.1 Å². The zero-order valence-electron chi connectivity index (χ0n) is 10.7. The van der Waals surface area contributed by atoms with Crippen molar-refractivity contribution in [3.05, 3.63) is 59.4 Å². The third kappa shape index (κ3) is 3.69. The molecule has 100 valence electrons. The Balaban J connectivity index is 2.07. The summed E-state index contributed by atoms with van der Waals surface area (Å²) in [6.45, 7) is 0.637. The topological polar surface area (TPSA) is 44.5 Å². The molecule has 0 aromatic heterocycles. The molecule has 0 unspecified atom stereocenters. The molecule has 0 amide bonds. The first kappa shape index (κ1) is 13.4. The van der Waals surface area contributed by atoms with Crippen LogP contribution in [0.25, 0.3) is 0 Å². The van der Waals surface area contributed by atoms with E-state index >= 15 is 0 Å². The Morgan fingerprint density at radius 2 is 1.84 bits per heavy atom. The van der Waals surface area contributed by atoms with E-state index in [9.17, 15) is 4.39 Å². The summed E-state index contributed by atoms with van der Waals surface area (Å²) in [4.78, 5) is 0. The third-order valence-corrected chi connectivity index (χ3v) is 2.71. The van der Waals surface area contributed by atoms with E-state index in [1.54, 1.807) is 13.2 Å². The van der Waals surface area contributed by atoms with Crippen LogP contribution in [0.3, 0.4) is 0 Å². The van der Waals surface area contributed by atoms with Crippen molar-refractivity contribution in [1.29, 1.82) is 0 Å². The molecule has 0 aliphatic carbocycles. The molecule has 2 aromatic rings. The average molecular weight is 261 g/mol. The Bertz CT molecular complexity index is 558. The standard InChI is InChI=1S/C15H16FNO2/c1-18-14-4-2-3-11(6-14)10-19-15-7-12(9-17)5-13(16)8-15/h2-8H,9-10,17H2,1H3. The van der Waals surface area contributed by atoms with Gasteiger partial charge in [-0.15, -0.1) is 0 Å². The minimum Gasteiger partial charge on any atom is -0.497 e. The zero-order chi connectivity index (χ0) is 13.7. The van der Waals surface area contributed by atoms with Gasteiger partial charge in [0.1, 0.15) is 23.9 Å². The van der Waals surface area contributed by atoms with Crippen molar-refractivity contribution in [2.24, 2.45) is 5.73 Å². The van der Waals surface area contributed by atoms with Gasteiger partial charge in [0.25, 0.3) is 0 Å².